The van der Waals surface area contributed by atoms with Crippen LogP contribution in [-0.4, -0.2) is 50.9 Å². The zero-order valence-corrected chi connectivity index (χ0v) is 16.5. The summed E-state index contributed by atoms with van der Waals surface area (Å²) in [7, 11) is 0. The van der Waals surface area contributed by atoms with Crippen molar-refractivity contribution in [3.8, 4) is 0 Å². The molecular formula is C20H34N4O3. The lowest BCUT2D eigenvalue weighted by molar-refractivity contribution is -0.133. The number of amides is 1. The van der Waals surface area contributed by atoms with Crippen LogP contribution in [0, 0.1) is 5.92 Å². The molecule has 2 fully saturated rings. The van der Waals surface area contributed by atoms with Gasteiger partial charge in [0.15, 0.2) is 0 Å². The molecule has 0 spiro atoms. The topological polar surface area (TPSA) is 89.3 Å². The number of rotatable bonds is 8. The Bertz CT molecular complexity index is 586. The molecule has 1 saturated heterocycles. The molecule has 2 heterocycles. The minimum absolute atomic E-state index is 0.0594. The Morgan fingerprint density at radius 3 is 2.85 bits per heavy atom. The molecule has 1 aromatic rings. The first-order valence-corrected chi connectivity index (χ1v) is 10.6. The number of carbonyl (C=O) groups is 1. The van der Waals surface area contributed by atoms with E-state index in [2.05, 4.69) is 22.6 Å². The molecule has 7 heteroatoms. The van der Waals surface area contributed by atoms with Crippen LogP contribution in [0.2, 0.25) is 0 Å². The summed E-state index contributed by atoms with van der Waals surface area (Å²) in [4.78, 5) is 12.5. The average molecular weight is 379 g/mol. The number of aryl methyl sites for hydroxylation is 2. The van der Waals surface area contributed by atoms with Gasteiger partial charge in [-0.15, -0.1) is 5.10 Å². The molecule has 1 aliphatic carbocycles. The van der Waals surface area contributed by atoms with Crippen LogP contribution in [0.1, 0.15) is 70.4 Å². The summed E-state index contributed by atoms with van der Waals surface area (Å²) in [5.41, 5.74) is 1.03. The van der Waals surface area contributed by atoms with E-state index in [0.717, 1.165) is 70.0 Å². The Kier molecular flexibility index (Phi) is 7.64. The first-order chi connectivity index (χ1) is 13.2. The lowest BCUT2D eigenvalue weighted by Crippen LogP contribution is -2.52. The largest absolute Gasteiger partial charge is 0.394 e. The number of aromatic nitrogens is 3. The highest BCUT2D eigenvalue weighted by molar-refractivity contribution is 5.79. The van der Waals surface area contributed by atoms with Crippen molar-refractivity contribution >= 4 is 5.91 Å². The Labute approximate surface area is 161 Å². The average Bonchev–Trinajstić information content (AvgIpc) is 3.15. The maximum Gasteiger partial charge on any atom is 0.223 e. The fraction of sp³-hybridized carbons (Fsp3) is 0.850. The van der Waals surface area contributed by atoms with Crippen molar-refractivity contribution in [1.82, 2.24) is 20.3 Å². The van der Waals surface area contributed by atoms with Crippen LogP contribution in [0.15, 0.2) is 6.20 Å². The van der Waals surface area contributed by atoms with Crippen LogP contribution < -0.4 is 5.32 Å². The van der Waals surface area contributed by atoms with Crippen molar-refractivity contribution in [2.45, 2.75) is 95.9 Å². The highest BCUT2D eigenvalue weighted by Gasteiger charge is 2.33. The van der Waals surface area contributed by atoms with Gasteiger partial charge < -0.3 is 15.2 Å². The number of hydrogen-bond donors (Lipinski definition) is 2. The quantitative estimate of drug-likeness (QED) is 0.724. The van der Waals surface area contributed by atoms with E-state index in [1.54, 1.807) is 0 Å². The number of nitrogens with one attached hydrogen (secondary N) is 1. The third-order valence-electron chi connectivity index (χ3n) is 5.87. The summed E-state index contributed by atoms with van der Waals surface area (Å²) < 4.78 is 7.96. The molecule has 2 N–H and O–H groups in total. The fourth-order valence-corrected chi connectivity index (χ4v) is 4.27. The van der Waals surface area contributed by atoms with Gasteiger partial charge in [-0.25, -0.2) is 0 Å². The van der Waals surface area contributed by atoms with E-state index in [1.807, 2.05) is 10.9 Å². The predicted octanol–water partition coefficient (Wildman–Crippen LogP) is 2.23. The lowest BCUT2D eigenvalue weighted by Gasteiger charge is -2.37. The fourth-order valence-electron chi connectivity index (χ4n) is 4.27. The van der Waals surface area contributed by atoms with Crippen molar-refractivity contribution in [2.75, 3.05) is 6.61 Å². The van der Waals surface area contributed by atoms with Crippen LogP contribution >= 0.6 is 0 Å². The molecule has 0 aromatic carbocycles. The number of hydrogen-bond acceptors (Lipinski definition) is 5. The van der Waals surface area contributed by atoms with Crippen molar-refractivity contribution in [1.29, 1.82) is 0 Å². The smallest absolute Gasteiger partial charge is 0.223 e. The third-order valence-corrected chi connectivity index (χ3v) is 5.87. The summed E-state index contributed by atoms with van der Waals surface area (Å²) >= 11 is 0. The molecule has 1 aliphatic heterocycles. The Morgan fingerprint density at radius 1 is 1.30 bits per heavy atom. The molecule has 0 bridgehead atoms. The van der Waals surface area contributed by atoms with Crippen molar-refractivity contribution in [2.24, 2.45) is 5.92 Å². The highest BCUT2D eigenvalue weighted by Crippen LogP contribution is 2.26. The normalized spacial score (nSPS) is 26.8. The summed E-state index contributed by atoms with van der Waals surface area (Å²) in [6.07, 6.45) is 11.9. The summed E-state index contributed by atoms with van der Waals surface area (Å²) in [5.74, 6) is 0.284. The van der Waals surface area contributed by atoms with Crippen LogP contribution in [0.5, 0.6) is 0 Å². The van der Waals surface area contributed by atoms with E-state index in [-0.39, 0.29) is 36.7 Å². The molecule has 27 heavy (non-hydrogen) atoms. The number of aliphatic hydroxyl groups excluding tert-OH is 1. The zero-order chi connectivity index (χ0) is 19.1. The van der Waals surface area contributed by atoms with E-state index >= 15 is 0 Å². The van der Waals surface area contributed by atoms with Crippen molar-refractivity contribution in [3.05, 3.63) is 11.9 Å². The van der Waals surface area contributed by atoms with Crippen LogP contribution in [0.4, 0.5) is 0 Å². The molecule has 3 atom stereocenters. The summed E-state index contributed by atoms with van der Waals surface area (Å²) in [6.45, 7) is 2.84. The Hall–Kier alpha value is -1.47. The zero-order valence-electron chi connectivity index (χ0n) is 16.5. The first-order valence-electron chi connectivity index (χ1n) is 10.6. The van der Waals surface area contributed by atoms with Gasteiger partial charge >= 0.3 is 0 Å². The maximum atomic E-state index is 12.5. The van der Waals surface area contributed by atoms with Gasteiger partial charge in [0.1, 0.15) is 6.10 Å². The minimum Gasteiger partial charge on any atom is -0.394 e. The molecular weight excluding hydrogens is 344 g/mol. The molecule has 3 rings (SSSR count). The van der Waals surface area contributed by atoms with E-state index in [4.69, 9.17) is 4.74 Å². The third kappa shape index (κ3) is 5.75. The van der Waals surface area contributed by atoms with Crippen molar-refractivity contribution < 1.29 is 14.6 Å². The monoisotopic (exact) mass is 378 g/mol. The second-order valence-electron chi connectivity index (χ2n) is 8.02. The molecule has 1 aromatic heterocycles. The van der Waals surface area contributed by atoms with E-state index in [1.165, 1.54) is 6.42 Å². The van der Waals surface area contributed by atoms with E-state index in [0.29, 0.717) is 0 Å². The summed E-state index contributed by atoms with van der Waals surface area (Å²) in [6, 6.07) is -0.0804. The first kappa shape index (κ1) is 20.3. The Morgan fingerprint density at radius 2 is 2.11 bits per heavy atom. The van der Waals surface area contributed by atoms with Gasteiger partial charge in [0.05, 0.1) is 24.4 Å². The van der Waals surface area contributed by atoms with Gasteiger partial charge in [-0.2, -0.15) is 0 Å². The minimum atomic E-state index is -0.317. The van der Waals surface area contributed by atoms with Crippen molar-refractivity contribution in [3.63, 3.8) is 0 Å². The van der Waals surface area contributed by atoms with Gasteiger partial charge in [0, 0.05) is 18.7 Å². The van der Waals surface area contributed by atoms with Gasteiger partial charge in [-0.1, -0.05) is 37.8 Å². The lowest BCUT2D eigenvalue weighted by atomic mass is 9.88. The standard InChI is InChI=1S/C20H34N4O3/c1-2-6-16-13-24(23-22-16)12-11-17-9-10-18(19(14-25)27-17)21-20(26)15-7-4-3-5-8-15/h13,15,17-19,25H,2-12,14H2,1H3,(H,21,26)/t17-,18+,19-/m0/s1. The number of nitrogens with zero attached hydrogens (tertiary/aromatic N) is 3. The van der Waals surface area contributed by atoms with Crippen LogP contribution in [-0.2, 0) is 22.5 Å². The predicted molar refractivity (Wildman–Crippen MR) is 102 cm³/mol. The second kappa shape index (κ2) is 10.2. The van der Waals surface area contributed by atoms with Gasteiger partial charge in [0.2, 0.25) is 5.91 Å². The van der Waals surface area contributed by atoms with E-state index < -0.39 is 0 Å². The molecule has 2 aliphatic rings. The molecule has 1 saturated carbocycles. The van der Waals surface area contributed by atoms with Gasteiger partial charge in [-0.05, 0) is 38.5 Å². The molecule has 0 unspecified atom stereocenters. The summed E-state index contributed by atoms with van der Waals surface area (Å²) in [5, 5.41) is 21.2. The molecule has 0 radical (unpaired) electrons. The Balaban J connectivity index is 1.44. The number of ether oxygens (including phenoxy) is 1. The molecule has 152 valence electrons. The molecule has 1 amide bonds. The van der Waals surface area contributed by atoms with Gasteiger partial charge in [0.25, 0.3) is 0 Å². The number of carbonyl (C=O) groups excluding carboxylic acids is 1. The van der Waals surface area contributed by atoms with Gasteiger partial charge in [-0.3, -0.25) is 9.48 Å². The van der Waals surface area contributed by atoms with Crippen LogP contribution in [0.25, 0.3) is 0 Å². The second-order valence-corrected chi connectivity index (χ2v) is 8.02. The number of aliphatic hydroxyl groups is 1. The SMILES string of the molecule is CCCc1cn(CC[C@@H]2CC[C@@H](NC(=O)C3CCCCC3)[C@H](CO)O2)nn1. The molecule has 7 nitrogen and oxygen atoms in total. The maximum absolute atomic E-state index is 12.5. The van der Waals surface area contributed by atoms with Crippen LogP contribution in [0.3, 0.4) is 0 Å². The van der Waals surface area contributed by atoms with E-state index in [9.17, 15) is 9.90 Å². The highest BCUT2D eigenvalue weighted by atomic mass is 16.5.